The van der Waals surface area contributed by atoms with Gasteiger partial charge in [-0.2, -0.15) is 0 Å². The summed E-state index contributed by atoms with van der Waals surface area (Å²) in [6.07, 6.45) is 0. The third kappa shape index (κ3) is 4.20. The number of carbonyl (C=O) groups excluding carboxylic acids is 1. The number of nitrogens with one attached hydrogen (secondary N) is 1. The van der Waals surface area contributed by atoms with E-state index in [4.69, 9.17) is 0 Å². The van der Waals surface area contributed by atoms with E-state index >= 15 is 0 Å². The summed E-state index contributed by atoms with van der Waals surface area (Å²) < 4.78 is 13.7. The van der Waals surface area contributed by atoms with E-state index < -0.39 is 0 Å². The van der Waals surface area contributed by atoms with Gasteiger partial charge in [0.15, 0.2) is 0 Å². The number of imidazole rings is 1. The molecule has 4 nitrogen and oxygen atoms in total. The van der Waals surface area contributed by atoms with Gasteiger partial charge >= 0.3 is 0 Å². The Morgan fingerprint density at radius 1 is 1.24 bits per heavy atom. The number of aromatic nitrogens is 2. The zero-order valence-electron chi connectivity index (χ0n) is 14.2. The predicted octanol–water partition coefficient (Wildman–Crippen LogP) is 4.15. The van der Waals surface area contributed by atoms with Gasteiger partial charge in [0.25, 0.3) is 0 Å². The molecule has 0 aliphatic rings. The molecule has 0 saturated carbocycles. The topological polar surface area (TPSA) is 49.0 Å². The lowest BCUT2D eigenvalue weighted by atomic mass is 10.2. The van der Waals surface area contributed by atoms with Crippen LogP contribution in [0.25, 0.3) is 11.0 Å². The van der Waals surface area contributed by atoms with Crippen molar-refractivity contribution < 1.29 is 9.18 Å². The van der Waals surface area contributed by atoms with Crippen molar-refractivity contribution in [3.8, 4) is 0 Å². The minimum absolute atomic E-state index is 0.0313. The predicted molar refractivity (Wildman–Crippen MR) is 99.8 cm³/mol. The molecule has 1 heterocycles. The first kappa shape index (κ1) is 17.5. The molecule has 1 amide bonds. The van der Waals surface area contributed by atoms with Gasteiger partial charge in [-0.15, -0.1) is 11.8 Å². The largest absolute Gasteiger partial charge is 0.341 e. The van der Waals surface area contributed by atoms with E-state index in [0.29, 0.717) is 11.3 Å². The highest BCUT2D eigenvalue weighted by molar-refractivity contribution is 8.00. The van der Waals surface area contributed by atoms with E-state index in [-0.39, 0.29) is 23.5 Å². The van der Waals surface area contributed by atoms with Crippen LogP contribution in [0.3, 0.4) is 0 Å². The fourth-order valence-electron chi connectivity index (χ4n) is 2.52. The van der Waals surface area contributed by atoms with Crippen LogP contribution in [0.2, 0.25) is 0 Å². The zero-order valence-corrected chi connectivity index (χ0v) is 15.0. The van der Waals surface area contributed by atoms with E-state index in [0.717, 1.165) is 16.9 Å². The molecule has 3 aromatic rings. The van der Waals surface area contributed by atoms with Gasteiger partial charge in [0, 0.05) is 19.2 Å². The molecule has 3 rings (SSSR count). The summed E-state index contributed by atoms with van der Waals surface area (Å²) in [5, 5.41) is 0.0678. The van der Waals surface area contributed by atoms with Gasteiger partial charge in [0.2, 0.25) is 5.91 Å². The van der Waals surface area contributed by atoms with Crippen molar-refractivity contribution in [3.63, 3.8) is 0 Å². The normalized spacial score (nSPS) is 12.3. The summed E-state index contributed by atoms with van der Waals surface area (Å²) in [4.78, 5) is 21.7. The van der Waals surface area contributed by atoms with Gasteiger partial charge in [-0.25, -0.2) is 9.37 Å². The zero-order chi connectivity index (χ0) is 17.8. The Morgan fingerprint density at radius 3 is 2.72 bits per heavy atom. The van der Waals surface area contributed by atoms with E-state index in [9.17, 15) is 9.18 Å². The summed E-state index contributed by atoms with van der Waals surface area (Å²) in [5.41, 5.74) is 2.44. The quantitative estimate of drug-likeness (QED) is 0.721. The van der Waals surface area contributed by atoms with E-state index in [2.05, 4.69) is 9.97 Å². The Kier molecular flexibility index (Phi) is 5.38. The number of aromatic amines is 1. The smallest absolute Gasteiger partial charge is 0.232 e. The minimum atomic E-state index is -0.287. The summed E-state index contributed by atoms with van der Waals surface area (Å²) >= 11 is 1.52. The number of para-hydroxylation sites is 2. The highest BCUT2D eigenvalue weighted by Gasteiger charge is 2.16. The maximum Gasteiger partial charge on any atom is 0.232 e. The van der Waals surface area contributed by atoms with Gasteiger partial charge in [-0.05, 0) is 25.1 Å². The minimum Gasteiger partial charge on any atom is -0.341 e. The number of halogens is 1. The molecule has 0 saturated heterocycles. The maximum atomic E-state index is 13.7. The van der Waals surface area contributed by atoms with Gasteiger partial charge in [0.05, 0.1) is 22.0 Å². The Bertz CT molecular complexity index is 847. The monoisotopic (exact) mass is 357 g/mol. The number of fused-ring (bicyclic) bond motifs is 1. The van der Waals surface area contributed by atoms with Crippen molar-refractivity contribution in [2.45, 2.75) is 18.7 Å². The summed E-state index contributed by atoms with van der Waals surface area (Å²) in [5.74, 6) is 0.862. The molecule has 25 heavy (non-hydrogen) atoms. The van der Waals surface area contributed by atoms with Crippen molar-refractivity contribution in [1.29, 1.82) is 0 Å². The summed E-state index contributed by atoms with van der Waals surface area (Å²) in [6.45, 7) is 2.29. The molecule has 1 atom stereocenters. The third-order valence-electron chi connectivity index (χ3n) is 4.04. The van der Waals surface area contributed by atoms with Gasteiger partial charge < -0.3 is 9.88 Å². The summed E-state index contributed by atoms with van der Waals surface area (Å²) in [7, 11) is 1.70. The number of rotatable bonds is 6. The molecule has 6 heteroatoms. The molecular formula is C19H20FN3OS. The number of benzene rings is 2. The lowest BCUT2D eigenvalue weighted by molar-refractivity contribution is -0.127. The lowest BCUT2D eigenvalue weighted by Crippen LogP contribution is -2.28. The molecule has 0 aliphatic heterocycles. The first-order valence-corrected chi connectivity index (χ1v) is 9.13. The summed E-state index contributed by atoms with van der Waals surface area (Å²) in [6, 6.07) is 14.4. The van der Waals surface area contributed by atoms with Crippen LogP contribution in [0.4, 0.5) is 4.39 Å². The second-order valence-corrected chi connectivity index (χ2v) is 7.26. The van der Waals surface area contributed by atoms with Crippen molar-refractivity contribution >= 4 is 28.7 Å². The average Bonchev–Trinajstić information content (AvgIpc) is 3.05. The second kappa shape index (κ2) is 7.70. The lowest BCUT2D eigenvalue weighted by Gasteiger charge is -2.18. The number of H-pyrrole nitrogens is 1. The Hall–Kier alpha value is -2.34. The first-order chi connectivity index (χ1) is 12.0. The van der Waals surface area contributed by atoms with Crippen molar-refractivity contribution in [2.75, 3.05) is 12.8 Å². The van der Waals surface area contributed by atoms with Gasteiger partial charge in [-0.1, -0.05) is 30.3 Å². The van der Waals surface area contributed by atoms with Crippen molar-refractivity contribution in [1.82, 2.24) is 14.9 Å². The molecule has 0 radical (unpaired) electrons. The molecule has 0 aliphatic carbocycles. The number of thioether (sulfide) groups is 1. The number of hydrogen-bond acceptors (Lipinski definition) is 3. The SMILES string of the molecule is CC(SCC(=O)N(C)Cc1ccccc1F)c1nc2ccccc2[nH]1. The molecule has 2 aromatic carbocycles. The van der Waals surface area contributed by atoms with Crippen LogP contribution in [0.1, 0.15) is 23.6 Å². The van der Waals surface area contributed by atoms with Crippen LogP contribution in [-0.2, 0) is 11.3 Å². The number of amides is 1. The molecule has 1 unspecified atom stereocenters. The van der Waals surface area contributed by atoms with Crippen LogP contribution in [0, 0.1) is 5.82 Å². The highest BCUT2D eigenvalue weighted by atomic mass is 32.2. The maximum absolute atomic E-state index is 13.7. The molecule has 0 spiro atoms. The number of carbonyl (C=O) groups is 1. The fourth-order valence-corrected chi connectivity index (χ4v) is 3.40. The highest BCUT2D eigenvalue weighted by Crippen LogP contribution is 2.28. The molecule has 1 N–H and O–H groups in total. The molecule has 130 valence electrons. The molecular weight excluding hydrogens is 337 g/mol. The average molecular weight is 357 g/mol. The van der Waals surface area contributed by atoms with Crippen LogP contribution >= 0.6 is 11.8 Å². The van der Waals surface area contributed by atoms with Crippen LogP contribution < -0.4 is 0 Å². The fraction of sp³-hybridized carbons (Fsp3) is 0.263. The van der Waals surface area contributed by atoms with Crippen molar-refractivity contribution in [3.05, 3.63) is 65.7 Å². The Labute approximate surface area is 150 Å². The molecule has 0 bridgehead atoms. The van der Waals surface area contributed by atoms with E-state index in [1.165, 1.54) is 17.8 Å². The van der Waals surface area contributed by atoms with E-state index in [1.54, 1.807) is 30.1 Å². The molecule has 1 aromatic heterocycles. The number of nitrogens with zero attached hydrogens (tertiary/aromatic N) is 2. The van der Waals surface area contributed by atoms with Crippen LogP contribution in [0.15, 0.2) is 48.5 Å². The van der Waals surface area contributed by atoms with Gasteiger partial charge in [-0.3, -0.25) is 4.79 Å². The first-order valence-electron chi connectivity index (χ1n) is 8.08. The third-order valence-corrected chi connectivity index (χ3v) is 5.18. The van der Waals surface area contributed by atoms with Crippen molar-refractivity contribution in [2.24, 2.45) is 0 Å². The van der Waals surface area contributed by atoms with Gasteiger partial charge in [0.1, 0.15) is 11.6 Å². The molecule has 0 fully saturated rings. The number of hydrogen-bond donors (Lipinski definition) is 1. The Morgan fingerprint density at radius 2 is 1.96 bits per heavy atom. The van der Waals surface area contributed by atoms with E-state index in [1.807, 2.05) is 31.2 Å². The second-order valence-electron chi connectivity index (χ2n) is 5.93. The Balaban J connectivity index is 1.56. The van der Waals surface area contributed by atoms with Crippen LogP contribution in [-0.4, -0.2) is 33.6 Å². The van der Waals surface area contributed by atoms with Crippen LogP contribution in [0.5, 0.6) is 0 Å². The standard InChI is InChI=1S/C19H20FN3OS/c1-13(19-21-16-9-5-6-10-17(16)22-19)25-12-18(24)23(2)11-14-7-3-4-8-15(14)20/h3-10,13H,11-12H2,1-2H3,(H,21,22).